The molecule has 0 fully saturated rings. The average Bonchev–Trinajstić information content (AvgIpc) is 1.86. The van der Waals surface area contributed by atoms with Crippen molar-refractivity contribution in [3.8, 4) is 0 Å². The fourth-order valence-electron chi connectivity index (χ4n) is 0.576. The molecule has 2 heteroatoms. The summed E-state index contributed by atoms with van der Waals surface area (Å²) in [6, 6.07) is 0. The molecule has 0 heterocycles. The average molecular weight is 172 g/mol. The van der Waals surface area contributed by atoms with Gasteiger partial charge in [-0.05, 0) is 32.0 Å². The summed E-state index contributed by atoms with van der Waals surface area (Å²) in [6.45, 7) is 6.27. The van der Waals surface area contributed by atoms with Crippen LogP contribution in [0.4, 0.5) is 0 Å². The molecule has 0 aromatic carbocycles. The van der Waals surface area contributed by atoms with Crippen molar-refractivity contribution in [2.24, 2.45) is 5.73 Å². The Hall–Kier alpha value is -0.530. The summed E-state index contributed by atoms with van der Waals surface area (Å²) < 4.78 is 0. The van der Waals surface area contributed by atoms with Crippen LogP contribution in [0.15, 0.2) is 35.4 Å². The molecule has 0 radical (unpaired) electrons. The topological polar surface area (TPSA) is 26.0 Å². The van der Waals surface area contributed by atoms with Gasteiger partial charge in [-0.2, -0.15) is 0 Å². The first-order valence-corrected chi connectivity index (χ1v) is 3.94. The van der Waals surface area contributed by atoms with E-state index in [1.165, 1.54) is 0 Å². The molecule has 62 valence electrons. The summed E-state index contributed by atoms with van der Waals surface area (Å²) in [7, 11) is 0. The molecule has 0 aliphatic heterocycles. The fraction of sp³-hybridized carbons (Fsp3) is 0.333. The highest BCUT2D eigenvalue weighted by Gasteiger charge is 1.83. The molecule has 0 unspecified atom stereocenters. The standard InChI is InChI=1S/C9H14ClN/c1-8(2)7-9(10)5-3-4-6-11/h3,5,7H,1,4,6,11H2,2H3/b5-3-,9-7+. The van der Waals surface area contributed by atoms with Crippen LogP contribution in [0.25, 0.3) is 0 Å². The SMILES string of the molecule is C=C(C)/C=C(Cl)\C=C/CCN. The summed E-state index contributed by atoms with van der Waals surface area (Å²) >= 11 is 5.78. The van der Waals surface area contributed by atoms with Crippen molar-refractivity contribution < 1.29 is 0 Å². The Labute approximate surface area is 73.2 Å². The number of rotatable bonds is 4. The molecule has 0 amide bonds. The maximum Gasteiger partial charge on any atom is 0.0405 e. The molecule has 0 aliphatic rings. The zero-order chi connectivity index (χ0) is 8.69. The lowest BCUT2D eigenvalue weighted by Crippen LogP contribution is -1.94. The van der Waals surface area contributed by atoms with Crippen LogP contribution in [0, 0.1) is 0 Å². The Morgan fingerprint density at radius 3 is 2.73 bits per heavy atom. The quantitative estimate of drug-likeness (QED) is 0.647. The van der Waals surface area contributed by atoms with Gasteiger partial charge in [-0.15, -0.1) is 0 Å². The number of nitrogens with two attached hydrogens (primary N) is 1. The van der Waals surface area contributed by atoms with Crippen LogP contribution in [0.1, 0.15) is 13.3 Å². The third-order valence-corrected chi connectivity index (χ3v) is 1.23. The van der Waals surface area contributed by atoms with Crippen molar-refractivity contribution in [3.05, 3.63) is 35.4 Å². The van der Waals surface area contributed by atoms with Gasteiger partial charge in [-0.1, -0.05) is 29.8 Å². The molecule has 1 nitrogen and oxygen atoms in total. The van der Waals surface area contributed by atoms with Crippen molar-refractivity contribution in [3.63, 3.8) is 0 Å². The van der Waals surface area contributed by atoms with Gasteiger partial charge in [0.25, 0.3) is 0 Å². The van der Waals surface area contributed by atoms with Crippen molar-refractivity contribution in [1.82, 2.24) is 0 Å². The minimum atomic E-state index is 0.660. The lowest BCUT2D eigenvalue weighted by Gasteiger charge is -1.89. The van der Waals surface area contributed by atoms with Crippen molar-refractivity contribution in [2.45, 2.75) is 13.3 Å². The second-order valence-corrected chi connectivity index (χ2v) is 2.79. The van der Waals surface area contributed by atoms with E-state index in [1.54, 1.807) is 0 Å². The van der Waals surface area contributed by atoms with Crippen LogP contribution in [-0.2, 0) is 0 Å². The minimum Gasteiger partial charge on any atom is -0.330 e. The third-order valence-electron chi connectivity index (χ3n) is 0.995. The molecular weight excluding hydrogens is 158 g/mol. The molecule has 0 aliphatic carbocycles. The Morgan fingerprint density at radius 2 is 2.27 bits per heavy atom. The van der Waals surface area contributed by atoms with E-state index >= 15 is 0 Å². The Morgan fingerprint density at radius 1 is 1.64 bits per heavy atom. The zero-order valence-electron chi connectivity index (χ0n) is 6.81. The van der Waals surface area contributed by atoms with E-state index in [2.05, 4.69) is 6.58 Å². The molecular formula is C9H14ClN. The van der Waals surface area contributed by atoms with Gasteiger partial charge in [0.2, 0.25) is 0 Å². The van der Waals surface area contributed by atoms with Crippen molar-refractivity contribution in [2.75, 3.05) is 6.54 Å². The van der Waals surface area contributed by atoms with E-state index in [1.807, 2.05) is 25.2 Å². The first-order chi connectivity index (χ1) is 5.16. The Kier molecular flexibility index (Phi) is 5.90. The molecule has 0 rings (SSSR count). The van der Waals surface area contributed by atoms with E-state index < -0.39 is 0 Å². The molecule has 0 spiro atoms. The van der Waals surface area contributed by atoms with Gasteiger partial charge >= 0.3 is 0 Å². The highest BCUT2D eigenvalue weighted by Crippen LogP contribution is 2.06. The highest BCUT2D eigenvalue weighted by atomic mass is 35.5. The van der Waals surface area contributed by atoms with Gasteiger partial charge in [-0.3, -0.25) is 0 Å². The molecule has 0 aromatic heterocycles. The van der Waals surface area contributed by atoms with Crippen LogP contribution in [0.2, 0.25) is 0 Å². The summed E-state index contributed by atoms with van der Waals surface area (Å²) in [5, 5.41) is 0.700. The van der Waals surface area contributed by atoms with Gasteiger partial charge in [0.15, 0.2) is 0 Å². The summed E-state index contributed by atoms with van der Waals surface area (Å²) in [6.07, 6.45) is 6.46. The predicted octanol–water partition coefficient (Wildman–Crippen LogP) is 2.59. The number of hydrogen-bond acceptors (Lipinski definition) is 1. The summed E-state index contributed by atoms with van der Waals surface area (Å²) in [5.74, 6) is 0. The van der Waals surface area contributed by atoms with E-state index in [9.17, 15) is 0 Å². The number of hydrogen-bond donors (Lipinski definition) is 1. The van der Waals surface area contributed by atoms with Gasteiger partial charge in [-0.25, -0.2) is 0 Å². The van der Waals surface area contributed by atoms with E-state index in [0.717, 1.165) is 12.0 Å². The van der Waals surface area contributed by atoms with Gasteiger partial charge in [0, 0.05) is 5.03 Å². The van der Waals surface area contributed by atoms with E-state index in [0.29, 0.717) is 11.6 Å². The van der Waals surface area contributed by atoms with Crippen LogP contribution in [0.5, 0.6) is 0 Å². The second kappa shape index (κ2) is 6.20. The smallest absolute Gasteiger partial charge is 0.0405 e. The molecule has 0 atom stereocenters. The second-order valence-electron chi connectivity index (χ2n) is 2.36. The van der Waals surface area contributed by atoms with Gasteiger partial charge in [0.1, 0.15) is 0 Å². The largest absolute Gasteiger partial charge is 0.330 e. The van der Waals surface area contributed by atoms with Crippen LogP contribution in [0.3, 0.4) is 0 Å². The minimum absolute atomic E-state index is 0.660. The normalized spacial score (nSPS) is 12.5. The summed E-state index contributed by atoms with van der Waals surface area (Å²) in [5.41, 5.74) is 6.24. The Bertz CT molecular complexity index is 180. The third kappa shape index (κ3) is 7.37. The maximum absolute atomic E-state index is 5.78. The van der Waals surface area contributed by atoms with Gasteiger partial charge in [0.05, 0.1) is 0 Å². The highest BCUT2D eigenvalue weighted by molar-refractivity contribution is 6.31. The van der Waals surface area contributed by atoms with Crippen LogP contribution >= 0.6 is 11.6 Å². The molecule has 2 N–H and O–H groups in total. The predicted molar refractivity (Wildman–Crippen MR) is 51.6 cm³/mol. The lowest BCUT2D eigenvalue weighted by atomic mass is 10.3. The van der Waals surface area contributed by atoms with E-state index in [4.69, 9.17) is 17.3 Å². The molecule has 0 saturated carbocycles. The maximum atomic E-state index is 5.78. The molecule has 0 bridgehead atoms. The fourth-order valence-corrected chi connectivity index (χ4v) is 0.851. The number of halogens is 1. The first kappa shape index (κ1) is 10.5. The van der Waals surface area contributed by atoms with Crippen LogP contribution < -0.4 is 5.73 Å². The van der Waals surface area contributed by atoms with E-state index in [-0.39, 0.29) is 0 Å². The first-order valence-electron chi connectivity index (χ1n) is 3.56. The van der Waals surface area contributed by atoms with Crippen LogP contribution in [-0.4, -0.2) is 6.54 Å². The zero-order valence-corrected chi connectivity index (χ0v) is 7.56. The Balaban J connectivity index is 3.85. The lowest BCUT2D eigenvalue weighted by molar-refractivity contribution is 1.01. The van der Waals surface area contributed by atoms with Crippen molar-refractivity contribution >= 4 is 11.6 Å². The number of allylic oxidation sites excluding steroid dienone is 4. The molecule has 0 aromatic rings. The molecule has 0 saturated heterocycles. The van der Waals surface area contributed by atoms with Gasteiger partial charge < -0.3 is 5.73 Å². The van der Waals surface area contributed by atoms with Crippen molar-refractivity contribution in [1.29, 1.82) is 0 Å². The monoisotopic (exact) mass is 171 g/mol. The summed E-state index contributed by atoms with van der Waals surface area (Å²) in [4.78, 5) is 0. The molecule has 11 heavy (non-hydrogen) atoms.